The van der Waals surface area contributed by atoms with Crippen LogP contribution in [0.15, 0.2) is 28.8 Å². The van der Waals surface area contributed by atoms with E-state index in [0.29, 0.717) is 18.1 Å². The molecule has 0 amide bonds. The summed E-state index contributed by atoms with van der Waals surface area (Å²) in [6.07, 6.45) is 2.33. The zero-order valence-corrected chi connectivity index (χ0v) is 9.80. The fraction of sp³-hybridized carbons (Fsp3) is 0.385. The Bertz CT molecular complexity index is 535. The molecule has 0 spiro atoms. The van der Waals surface area contributed by atoms with Crippen LogP contribution in [0.2, 0.25) is 0 Å². The number of aromatic nitrogens is 2. The van der Waals surface area contributed by atoms with E-state index in [1.807, 2.05) is 6.07 Å². The number of rotatable bonds is 3. The molecule has 0 N–H and O–H groups in total. The predicted octanol–water partition coefficient (Wildman–Crippen LogP) is 2.65. The molecular formula is C13H13FN2O2. The maximum atomic E-state index is 13.0. The quantitative estimate of drug-likeness (QED) is 0.837. The van der Waals surface area contributed by atoms with Crippen LogP contribution in [-0.4, -0.2) is 16.7 Å². The van der Waals surface area contributed by atoms with Crippen molar-refractivity contribution in [2.24, 2.45) is 0 Å². The summed E-state index contributed by atoms with van der Waals surface area (Å²) in [7, 11) is 0. The van der Waals surface area contributed by atoms with Crippen LogP contribution >= 0.6 is 0 Å². The molecule has 3 rings (SSSR count). The lowest BCUT2D eigenvalue weighted by atomic mass is 10.1. The van der Waals surface area contributed by atoms with Gasteiger partial charge < -0.3 is 9.26 Å². The first-order valence-corrected chi connectivity index (χ1v) is 6.00. The van der Waals surface area contributed by atoms with Gasteiger partial charge in [-0.25, -0.2) is 4.39 Å². The smallest absolute Gasteiger partial charge is 0.255 e. The fourth-order valence-corrected chi connectivity index (χ4v) is 2.07. The molecule has 5 heteroatoms. The summed E-state index contributed by atoms with van der Waals surface area (Å²) in [4.78, 5) is 4.29. The van der Waals surface area contributed by atoms with E-state index in [1.54, 1.807) is 6.07 Å². The zero-order chi connectivity index (χ0) is 12.4. The Kier molecular flexibility index (Phi) is 3.06. The first-order chi connectivity index (χ1) is 8.81. The minimum Gasteiger partial charge on any atom is -0.368 e. The maximum absolute atomic E-state index is 13.0. The Hall–Kier alpha value is -1.75. The van der Waals surface area contributed by atoms with Gasteiger partial charge in [0.15, 0.2) is 5.82 Å². The van der Waals surface area contributed by atoms with Crippen molar-refractivity contribution in [2.75, 3.05) is 6.61 Å². The molecule has 94 valence electrons. The van der Waals surface area contributed by atoms with E-state index < -0.39 is 0 Å². The van der Waals surface area contributed by atoms with Crippen LogP contribution in [-0.2, 0) is 11.2 Å². The summed E-state index contributed by atoms with van der Waals surface area (Å²) in [5, 5.41) is 3.90. The van der Waals surface area contributed by atoms with Crippen LogP contribution < -0.4 is 0 Å². The molecule has 1 aliphatic heterocycles. The average Bonchev–Trinajstić information content (AvgIpc) is 2.98. The second kappa shape index (κ2) is 4.86. The van der Waals surface area contributed by atoms with Gasteiger partial charge in [0.1, 0.15) is 11.9 Å². The van der Waals surface area contributed by atoms with E-state index in [1.165, 1.54) is 12.1 Å². The van der Waals surface area contributed by atoms with Gasteiger partial charge in [-0.1, -0.05) is 17.3 Å². The van der Waals surface area contributed by atoms with Crippen LogP contribution in [0.5, 0.6) is 0 Å². The van der Waals surface area contributed by atoms with Crippen LogP contribution in [0.3, 0.4) is 0 Å². The van der Waals surface area contributed by atoms with E-state index in [9.17, 15) is 4.39 Å². The maximum Gasteiger partial charge on any atom is 0.255 e. The SMILES string of the molecule is Fc1cccc(Cc2noc([C@@H]3CCCO3)n2)c1. The molecule has 1 aliphatic rings. The minimum absolute atomic E-state index is 0.0706. The van der Waals surface area contributed by atoms with Gasteiger partial charge in [0.2, 0.25) is 0 Å². The van der Waals surface area contributed by atoms with Crippen molar-refractivity contribution in [2.45, 2.75) is 25.4 Å². The van der Waals surface area contributed by atoms with Gasteiger partial charge in [0.05, 0.1) is 0 Å². The summed E-state index contributed by atoms with van der Waals surface area (Å²) in [6, 6.07) is 6.40. The topological polar surface area (TPSA) is 48.2 Å². The Balaban J connectivity index is 1.73. The Morgan fingerprint density at radius 3 is 3.11 bits per heavy atom. The standard InChI is InChI=1S/C13H13FN2O2/c14-10-4-1-3-9(7-10)8-12-15-13(18-16-12)11-5-2-6-17-11/h1,3-4,7,11H,2,5-6,8H2/t11-/m0/s1. The van der Waals surface area contributed by atoms with E-state index >= 15 is 0 Å². The number of hydrogen-bond donors (Lipinski definition) is 0. The van der Waals surface area contributed by atoms with Crippen molar-refractivity contribution in [1.82, 2.24) is 10.1 Å². The molecule has 0 aliphatic carbocycles. The van der Waals surface area contributed by atoms with Gasteiger partial charge >= 0.3 is 0 Å². The lowest BCUT2D eigenvalue weighted by Crippen LogP contribution is -1.97. The van der Waals surface area contributed by atoms with Gasteiger partial charge in [0.25, 0.3) is 5.89 Å². The van der Waals surface area contributed by atoms with Gasteiger partial charge in [-0.05, 0) is 30.5 Å². The first kappa shape index (κ1) is 11.3. The Morgan fingerprint density at radius 2 is 2.33 bits per heavy atom. The van der Waals surface area contributed by atoms with E-state index in [2.05, 4.69) is 10.1 Å². The minimum atomic E-state index is -0.254. The van der Waals surface area contributed by atoms with Gasteiger partial charge in [-0.2, -0.15) is 4.98 Å². The average molecular weight is 248 g/mol. The van der Waals surface area contributed by atoms with Crippen LogP contribution in [0.4, 0.5) is 4.39 Å². The highest BCUT2D eigenvalue weighted by atomic mass is 19.1. The summed E-state index contributed by atoms with van der Waals surface area (Å²) in [6.45, 7) is 0.742. The van der Waals surface area contributed by atoms with Crippen molar-refractivity contribution in [3.8, 4) is 0 Å². The van der Waals surface area contributed by atoms with Crippen LogP contribution in [0.25, 0.3) is 0 Å². The molecule has 1 aromatic heterocycles. The monoisotopic (exact) mass is 248 g/mol. The lowest BCUT2D eigenvalue weighted by Gasteiger charge is -2.00. The predicted molar refractivity (Wildman–Crippen MR) is 61.4 cm³/mol. The fourth-order valence-electron chi connectivity index (χ4n) is 2.07. The molecule has 18 heavy (non-hydrogen) atoms. The molecule has 2 aromatic rings. The highest BCUT2D eigenvalue weighted by molar-refractivity contribution is 5.19. The number of benzene rings is 1. The second-order valence-electron chi connectivity index (χ2n) is 4.36. The van der Waals surface area contributed by atoms with Crippen LogP contribution in [0.1, 0.15) is 36.2 Å². The lowest BCUT2D eigenvalue weighted by molar-refractivity contribution is 0.0835. The molecule has 0 unspecified atom stereocenters. The summed E-state index contributed by atoms with van der Waals surface area (Å²) < 4.78 is 23.7. The van der Waals surface area contributed by atoms with Crippen molar-refractivity contribution < 1.29 is 13.7 Å². The van der Waals surface area contributed by atoms with Crippen molar-refractivity contribution >= 4 is 0 Å². The van der Waals surface area contributed by atoms with Crippen molar-refractivity contribution in [3.63, 3.8) is 0 Å². The first-order valence-electron chi connectivity index (χ1n) is 6.00. The van der Waals surface area contributed by atoms with Gasteiger partial charge in [-0.15, -0.1) is 0 Å². The molecule has 0 radical (unpaired) electrons. The molecule has 0 saturated carbocycles. The number of nitrogens with zero attached hydrogens (tertiary/aromatic N) is 2. The number of ether oxygens (including phenoxy) is 1. The molecule has 1 saturated heterocycles. The Labute approximate surface area is 104 Å². The summed E-state index contributed by atoms with van der Waals surface area (Å²) in [5.74, 6) is 0.834. The third kappa shape index (κ3) is 2.41. The highest BCUT2D eigenvalue weighted by Gasteiger charge is 2.23. The zero-order valence-electron chi connectivity index (χ0n) is 9.80. The number of hydrogen-bond acceptors (Lipinski definition) is 4. The third-order valence-electron chi connectivity index (χ3n) is 2.94. The second-order valence-corrected chi connectivity index (χ2v) is 4.36. The van der Waals surface area contributed by atoms with Crippen LogP contribution in [0, 0.1) is 5.82 Å². The van der Waals surface area contributed by atoms with E-state index in [-0.39, 0.29) is 11.9 Å². The van der Waals surface area contributed by atoms with Gasteiger partial charge in [-0.3, -0.25) is 0 Å². The highest BCUT2D eigenvalue weighted by Crippen LogP contribution is 2.27. The molecule has 1 fully saturated rings. The summed E-state index contributed by atoms with van der Waals surface area (Å²) in [5.41, 5.74) is 0.828. The van der Waals surface area contributed by atoms with Crippen molar-refractivity contribution in [3.05, 3.63) is 47.4 Å². The summed E-state index contributed by atoms with van der Waals surface area (Å²) >= 11 is 0. The van der Waals surface area contributed by atoms with E-state index in [0.717, 1.165) is 25.0 Å². The third-order valence-corrected chi connectivity index (χ3v) is 2.94. The molecule has 1 atom stereocenters. The molecule has 2 heterocycles. The molecule has 0 bridgehead atoms. The molecule has 1 aromatic carbocycles. The van der Waals surface area contributed by atoms with Gasteiger partial charge in [0, 0.05) is 13.0 Å². The number of halogens is 1. The Morgan fingerprint density at radius 1 is 1.39 bits per heavy atom. The van der Waals surface area contributed by atoms with Crippen molar-refractivity contribution in [1.29, 1.82) is 0 Å². The molecule has 4 nitrogen and oxygen atoms in total. The normalized spacial score (nSPS) is 19.3. The van der Waals surface area contributed by atoms with E-state index in [4.69, 9.17) is 9.26 Å². The largest absolute Gasteiger partial charge is 0.368 e. The molecular weight excluding hydrogens is 235 g/mol.